The summed E-state index contributed by atoms with van der Waals surface area (Å²) in [5, 5.41) is 0. The molecule has 0 N–H and O–H groups in total. The van der Waals surface area contributed by atoms with Crippen molar-refractivity contribution in [1.82, 2.24) is 0 Å². The Morgan fingerprint density at radius 1 is 0.900 bits per heavy atom. The molecule has 0 aromatic carbocycles. The van der Waals surface area contributed by atoms with Crippen LogP contribution in [0.1, 0.15) is 30.7 Å². The van der Waals surface area contributed by atoms with Crippen molar-refractivity contribution in [3.05, 3.63) is 83.5 Å². The van der Waals surface area contributed by atoms with Crippen molar-refractivity contribution in [2.75, 3.05) is 0 Å². The highest BCUT2D eigenvalue weighted by atomic mass is 14.3. The van der Waals surface area contributed by atoms with Gasteiger partial charge in [-0.15, -0.1) is 0 Å². The quantitative estimate of drug-likeness (QED) is 0.635. The minimum absolute atomic E-state index is 0.542. The highest BCUT2D eigenvalue weighted by Gasteiger charge is 2.21. The lowest BCUT2D eigenvalue weighted by Gasteiger charge is -2.24. The van der Waals surface area contributed by atoms with Gasteiger partial charge in [0.25, 0.3) is 0 Å². The lowest BCUT2D eigenvalue weighted by molar-refractivity contribution is 0.754. The van der Waals surface area contributed by atoms with Gasteiger partial charge >= 0.3 is 0 Å². The lowest BCUT2D eigenvalue weighted by Crippen LogP contribution is -2.05. The number of rotatable bonds is 1. The zero-order valence-corrected chi connectivity index (χ0v) is 11.5. The van der Waals surface area contributed by atoms with Gasteiger partial charge in [-0.3, -0.25) is 0 Å². The van der Waals surface area contributed by atoms with Gasteiger partial charge in [0.1, 0.15) is 0 Å². The second-order valence-electron chi connectivity index (χ2n) is 5.74. The van der Waals surface area contributed by atoms with Crippen LogP contribution in [-0.4, -0.2) is 0 Å². The molecule has 0 saturated heterocycles. The summed E-state index contributed by atoms with van der Waals surface area (Å²) >= 11 is 0. The molecule has 0 bridgehead atoms. The fraction of sp³-hybridized carbons (Fsp3) is 0.200. The van der Waals surface area contributed by atoms with E-state index in [0.29, 0.717) is 5.92 Å². The van der Waals surface area contributed by atoms with Crippen molar-refractivity contribution >= 4 is 0 Å². The Balaban J connectivity index is 1.71. The second-order valence-corrected chi connectivity index (χ2v) is 5.74. The van der Waals surface area contributed by atoms with E-state index in [-0.39, 0.29) is 0 Å². The lowest BCUT2D eigenvalue weighted by atomic mass is 9.81. The second kappa shape index (κ2) is 4.79. The Hall–Kier alpha value is -2.08. The number of allylic oxidation sites excluding steroid dienone is 6. The maximum atomic E-state index is 2.39. The Kier molecular flexibility index (Phi) is 2.81. The topological polar surface area (TPSA) is 0 Å². The van der Waals surface area contributed by atoms with Gasteiger partial charge < -0.3 is 0 Å². The molecule has 0 radical (unpaired) electrons. The van der Waals surface area contributed by atoms with Crippen LogP contribution in [0.15, 0.2) is 77.9 Å². The Bertz CT molecular complexity index is 700. The summed E-state index contributed by atoms with van der Waals surface area (Å²) in [4.78, 5) is 0. The van der Waals surface area contributed by atoms with E-state index in [4.69, 9.17) is 0 Å². The van der Waals surface area contributed by atoms with Crippen LogP contribution in [0.25, 0.3) is 11.1 Å². The molecule has 98 valence electrons. The van der Waals surface area contributed by atoms with Crippen LogP contribution in [0.3, 0.4) is 0 Å². The van der Waals surface area contributed by atoms with Crippen LogP contribution in [0.5, 0.6) is 0 Å². The molecule has 4 aliphatic rings. The molecule has 1 atom stereocenters. The summed E-state index contributed by atoms with van der Waals surface area (Å²) in [6.07, 6.45) is 12.9. The molecule has 0 spiro atoms. The molecule has 0 amide bonds. The first kappa shape index (κ1) is 11.7. The minimum atomic E-state index is 0.542. The van der Waals surface area contributed by atoms with Gasteiger partial charge in [0.2, 0.25) is 0 Å². The normalized spacial score (nSPS) is 21.3. The van der Waals surface area contributed by atoms with Crippen LogP contribution in [0.2, 0.25) is 0 Å². The number of fused-ring (bicyclic) bond motifs is 1. The first-order chi connectivity index (χ1) is 9.92. The Morgan fingerprint density at radius 2 is 1.85 bits per heavy atom. The third-order valence-electron chi connectivity index (χ3n) is 4.52. The minimum Gasteiger partial charge on any atom is -0.0836 e. The van der Waals surface area contributed by atoms with Gasteiger partial charge in [0.05, 0.1) is 0 Å². The molecule has 0 nitrogen and oxygen atoms in total. The van der Waals surface area contributed by atoms with Gasteiger partial charge in [0, 0.05) is 5.92 Å². The zero-order valence-electron chi connectivity index (χ0n) is 11.5. The highest BCUT2D eigenvalue weighted by Crippen LogP contribution is 2.40. The SMILES string of the molecule is C1=CC2=C(CC1)CC(c1ccc3cccccc1-3)C=C2. The maximum absolute atomic E-state index is 2.39. The fourth-order valence-corrected chi connectivity index (χ4v) is 3.45. The van der Waals surface area contributed by atoms with E-state index >= 15 is 0 Å². The molecule has 4 rings (SSSR count). The van der Waals surface area contributed by atoms with Crippen molar-refractivity contribution in [3.63, 3.8) is 0 Å². The summed E-state index contributed by atoms with van der Waals surface area (Å²) in [6.45, 7) is 0. The molecule has 0 aromatic rings. The summed E-state index contributed by atoms with van der Waals surface area (Å²) < 4.78 is 0. The number of hydrogen-bond donors (Lipinski definition) is 0. The van der Waals surface area contributed by atoms with Crippen LogP contribution >= 0.6 is 0 Å². The molecule has 0 aromatic heterocycles. The van der Waals surface area contributed by atoms with Crippen LogP contribution in [0.4, 0.5) is 0 Å². The predicted octanol–water partition coefficient (Wildman–Crippen LogP) is 5.48. The summed E-state index contributed by atoms with van der Waals surface area (Å²) in [5.74, 6) is 0.542. The first-order valence-corrected chi connectivity index (χ1v) is 7.46. The van der Waals surface area contributed by atoms with Crippen LogP contribution in [0, 0.1) is 0 Å². The molecule has 0 heterocycles. The summed E-state index contributed by atoms with van der Waals surface area (Å²) in [5.41, 5.74) is 7.32. The fourth-order valence-electron chi connectivity index (χ4n) is 3.45. The van der Waals surface area contributed by atoms with Gasteiger partial charge in [-0.2, -0.15) is 0 Å². The highest BCUT2D eigenvalue weighted by molar-refractivity contribution is 5.72. The molecule has 20 heavy (non-hydrogen) atoms. The van der Waals surface area contributed by atoms with Gasteiger partial charge in [0.15, 0.2) is 0 Å². The number of hydrogen-bond acceptors (Lipinski definition) is 0. The van der Waals surface area contributed by atoms with Gasteiger partial charge in [-0.25, -0.2) is 0 Å². The average molecular weight is 258 g/mol. The first-order valence-electron chi connectivity index (χ1n) is 7.46. The Morgan fingerprint density at radius 3 is 2.85 bits per heavy atom. The molecule has 1 unspecified atom stereocenters. The molecular formula is C20H18. The van der Waals surface area contributed by atoms with E-state index < -0.39 is 0 Å². The molecule has 0 fully saturated rings. The van der Waals surface area contributed by atoms with Gasteiger partial charge in [-0.05, 0) is 41.5 Å². The summed E-state index contributed by atoms with van der Waals surface area (Å²) in [6, 6.07) is 15.4. The van der Waals surface area contributed by atoms with Crippen molar-refractivity contribution in [2.45, 2.75) is 25.2 Å². The molecule has 4 aliphatic carbocycles. The largest absolute Gasteiger partial charge is 0.0836 e. The summed E-state index contributed by atoms with van der Waals surface area (Å²) in [7, 11) is 0. The molecule has 0 saturated carbocycles. The molecule has 0 aliphatic heterocycles. The van der Waals surface area contributed by atoms with E-state index in [9.17, 15) is 0 Å². The standard InChI is InChI=1S/C20H18/c1-2-7-16-12-13-20(19(16)9-3-1)18-11-10-15-6-4-5-8-17(15)14-18/h1-4,6-7,9-13,18H,5,8,14H2. The van der Waals surface area contributed by atoms with E-state index in [1.54, 1.807) is 5.57 Å². The van der Waals surface area contributed by atoms with Crippen molar-refractivity contribution in [1.29, 1.82) is 0 Å². The van der Waals surface area contributed by atoms with Crippen molar-refractivity contribution in [3.8, 4) is 11.1 Å². The predicted molar refractivity (Wildman–Crippen MR) is 85.0 cm³/mol. The molecule has 0 heteroatoms. The third kappa shape index (κ3) is 1.92. The van der Waals surface area contributed by atoms with E-state index in [1.165, 1.54) is 41.5 Å². The van der Waals surface area contributed by atoms with Crippen molar-refractivity contribution < 1.29 is 0 Å². The Labute approximate surface area is 120 Å². The molecular weight excluding hydrogens is 240 g/mol. The van der Waals surface area contributed by atoms with Crippen molar-refractivity contribution in [2.24, 2.45) is 0 Å². The van der Waals surface area contributed by atoms with Gasteiger partial charge in [-0.1, -0.05) is 72.3 Å². The zero-order chi connectivity index (χ0) is 13.4. The monoisotopic (exact) mass is 258 g/mol. The van der Waals surface area contributed by atoms with E-state index in [2.05, 4.69) is 66.8 Å². The van der Waals surface area contributed by atoms with Crippen LogP contribution in [-0.2, 0) is 0 Å². The van der Waals surface area contributed by atoms with E-state index in [1.807, 2.05) is 0 Å². The van der Waals surface area contributed by atoms with E-state index in [0.717, 1.165) is 0 Å². The maximum Gasteiger partial charge on any atom is 0.00649 e. The third-order valence-corrected chi connectivity index (χ3v) is 4.52. The van der Waals surface area contributed by atoms with Crippen LogP contribution < -0.4 is 0 Å². The average Bonchev–Trinajstić information content (AvgIpc) is 2.75. The smallest absolute Gasteiger partial charge is 0.00649 e.